The number of unbranched alkanes of at least 4 members (excludes halogenated alkanes) is 1. The maximum Gasteiger partial charge on any atom is 0.322 e. The second kappa shape index (κ2) is 11.8. The van der Waals surface area contributed by atoms with Gasteiger partial charge < -0.3 is 32.1 Å². The fourth-order valence-corrected chi connectivity index (χ4v) is 3.15. The van der Waals surface area contributed by atoms with Crippen LogP contribution in [0.1, 0.15) is 32.1 Å². The molecule has 0 aromatic rings. The molecule has 1 heterocycles. The van der Waals surface area contributed by atoms with Gasteiger partial charge >= 0.3 is 5.97 Å². The monoisotopic (exact) mass is 403 g/mol. The van der Waals surface area contributed by atoms with E-state index in [2.05, 4.69) is 23.3 Å². The van der Waals surface area contributed by atoms with Crippen molar-refractivity contribution in [3.05, 3.63) is 0 Å². The van der Waals surface area contributed by atoms with Crippen LogP contribution in [0.3, 0.4) is 0 Å². The number of rotatable bonds is 11. The molecular weight excluding hydrogens is 374 g/mol. The molecule has 3 amide bonds. The lowest BCUT2D eigenvalue weighted by molar-refractivity contribution is -0.141. The van der Waals surface area contributed by atoms with Crippen LogP contribution in [0.5, 0.6) is 0 Å². The fraction of sp³-hybridized carbons (Fsp3) is 0.750. The molecule has 7 N–H and O–H groups in total. The molecule has 1 fully saturated rings. The van der Waals surface area contributed by atoms with E-state index in [1.54, 1.807) is 0 Å². The number of carboxylic acid groups (broad SMARTS) is 1. The molecule has 0 aromatic heterocycles. The van der Waals surface area contributed by atoms with Gasteiger partial charge in [0.25, 0.3) is 0 Å². The summed E-state index contributed by atoms with van der Waals surface area (Å²) in [5.41, 5.74) is 11.4. The summed E-state index contributed by atoms with van der Waals surface area (Å²) in [6, 6.07) is -2.38. The second-order valence-electron chi connectivity index (χ2n) is 6.44. The Hall–Kier alpha value is -1.85. The third-order valence-corrected chi connectivity index (χ3v) is 4.72. The molecule has 10 nitrogen and oxygen atoms in total. The lowest BCUT2D eigenvalue weighted by atomic mass is 10.1. The Balaban J connectivity index is 2.64. The van der Waals surface area contributed by atoms with Crippen molar-refractivity contribution in [2.45, 2.75) is 50.2 Å². The van der Waals surface area contributed by atoms with Gasteiger partial charge in [-0.2, -0.15) is 12.6 Å². The summed E-state index contributed by atoms with van der Waals surface area (Å²) >= 11 is 4.03. The number of nitrogens with one attached hydrogen (secondary N) is 2. The van der Waals surface area contributed by atoms with E-state index in [1.165, 1.54) is 4.90 Å². The number of carbonyl (C=O) groups is 4. The van der Waals surface area contributed by atoms with Gasteiger partial charge in [-0.15, -0.1) is 0 Å². The summed E-state index contributed by atoms with van der Waals surface area (Å²) in [5.74, 6) is -2.60. The van der Waals surface area contributed by atoms with Gasteiger partial charge in [-0.05, 0) is 32.2 Å². The molecular formula is C16H29N5O5S. The van der Waals surface area contributed by atoms with Crippen molar-refractivity contribution in [1.29, 1.82) is 0 Å². The first-order valence-electron chi connectivity index (χ1n) is 8.98. The standard InChI is InChI=1S/C16H29N5O5S/c17-6-2-1-4-10(18)16(26)21-7-3-5-12(21)15(25)20-11(9-27)14(24)19-8-13(22)23/h10-12,27H,1-9,17-18H2,(H,19,24)(H,20,25)(H,22,23). The molecule has 0 bridgehead atoms. The van der Waals surface area contributed by atoms with Gasteiger partial charge in [-0.3, -0.25) is 19.2 Å². The highest BCUT2D eigenvalue weighted by Gasteiger charge is 2.37. The predicted molar refractivity (Wildman–Crippen MR) is 102 cm³/mol. The minimum absolute atomic E-state index is 0.00351. The van der Waals surface area contributed by atoms with Crippen LogP contribution < -0.4 is 22.1 Å². The highest BCUT2D eigenvalue weighted by Crippen LogP contribution is 2.19. The van der Waals surface area contributed by atoms with Crippen LogP contribution in [-0.4, -0.2) is 77.2 Å². The number of thiol groups is 1. The number of likely N-dealkylation sites (tertiary alicyclic amines) is 1. The Bertz CT molecular complexity index is 547. The number of hydrogen-bond acceptors (Lipinski definition) is 7. The van der Waals surface area contributed by atoms with E-state index in [-0.39, 0.29) is 11.7 Å². The molecule has 1 aliphatic rings. The molecule has 154 valence electrons. The van der Waals surface area contributed by atoms with Crippen LogP contribution in [0.4, 0.5) is 0 Å². The van der Waals surface area contributed by atoms with Crippen LogP contribution >= 0.6 is 12.6 Å². The SMILES string of the molecule is NCCCCC(N)C(=O)N1CCCC1C(=O)NC(CS)C(=O)NCC(=O)O. The first-order valence-corrected chi connectivity index (χ1v) is 9.61. The van der Waals surface area contributed by atoms with Crippen molar-refractivity contribution in [1.82, 2.24) is 15.5 Å². The van der Waals surface area contributed by atoms with E-state index in [0.717, 1.165) is 12.8 Å². The van der Waals surface area contributed by atoms with Crippen LogP contribution in [0.2, 0.25) is 0 Å². The minimum Gasteiger partial charge on any atom is -0.480 e. The van der Waals surface area contributed by atoms with Crippen LogP contribution in [0.15, 0.2) is 0 Å². The zero-order valence-corrected chi connectivity index (χ0v) is 16.1. The number of aliphatic carboxylic acids is 1. The normalized spacial score (nSPS) is 18.6. The molecule has 27 heavy (non-hydrogen) atoms. The molecule has 0 aromatic carbocycles. The minimum atomic E-state index is -1.19. The van der Waals surface area contributed by atoms with Crippen molar-refractivity contribution in [2.75, 3.05) is 25.4 Å². The van der Waals surface area contributed by atoms with Crippen LogP contribution in [-0.2, 0) is 19.2 Å². The Kier molecular flexibility index (Phi) is 10.1. The van der Waals surface area contributed by atoms with Gasteiger partial charge in [0.1, 0.15) is 18.6 Å². The zero-order valence-electron chi connectivity index (χ0n) is 15.2. The molecule has 1 aliphatic heterocycles. The molecule has 0 spiro atoms. The number of amides is 3. The van der Waals surface area contributed by atoms with E-state index in [0.29, 0.717) is 32.4 Å². The van der Waals surface area contributed by atoms with E-state index in [9.17, 15) is 19.2 Å². The van der Waals surface area contributed by atoms with Gasteiger partial charge in [0, 0.05) is 12.3 Å². The molecule has 0 aliphatic carbocycles. The highest BCUT2D eigenvalue weighted by atomic mass is 32.1. The van der Waals surface area contributed by atoms with Crippen molar-refractivity contribution in [3.8, 4) is 0 Å². The summed E-state index contributed by atoms with van der Waals surface area (Å²) in [6.45, 7) is 0.410. The summed E-state index contributed by atoms with van der Waals surface area (Å²) < 4.78 is 0. The zero-order chi connectivity index (χ0) is 20.4. The Morgan fingerprint density at radius 3 is 2.56 bits per heavy atom. The molecule has 1 saturated heterocycles. The summed E-state index contributed by atoms with van der Waals surface area (Å²) in [6.07, 6.45) is 3.15. The molecule has 0 radical (unpaired) electrons. The third-order valence-electron chi connectivity index (χ3n) is 4.35. The molecule has 1 rings (SSSR count). The Morgan fingerprint density at radius 1 is 1.26 bits per heavy atom. The third kappa shape index (κ3) is 7.35. The number of hydrogen-bond donors (Lipinski definition) is 6. The first kappa shape index (κ1) is 23.2. The van der Waals surface area contributed by atoms with E-state index < -0.39 is 42.5 Å². The number of nitrogens with two attached hydrogens (primary N) is 2. The van der Waals surface area contributed by atoms with Crippen molar-refractivity contribution < 1.29 is 24.3 Å². The summed E-state index contributed by atoms with van der Waals surface area (Å²) in [7, 11) is 0. The largest absolute Gasteiger partial charge is 0.480 e. The fourth-order valence-electron chi connectivity index (χ4n) is 2.90. The Morgan fingerprint density at radius 2 is 1.96 bits per heavy atom. The lowest BCUT2D eigenvalue weighted by Gasteiger charge is -2.28. The maximum atomic E-state index is 12.6. The van der Waals surface area contributed by atoms with Gasteiger partial charge in [-0.25, -0.2) is 0 Å². The summed E-state index contributed by atoms with van der Waals surface area (Å²) in [5, 5.41) is 13.3. The van der Waals surface area contributed by atoms with E-state index >= 15 is 0 Å². The topological polar surface area (TPSA) is 168 Å². The van der Waals surface area contributed by atoms with Gasteiger partial charge in [0.15, 0.2) is 0 Å². The number of carbonyl (C=O) groups excluding carboxylic acids is 3. The van der Waals surface area contributed by atoms with Crippen molar-refractivity contribution in [3.63, 3.8) is 0 Å². The first-order chi connectivity index (χ1) is 12.8. The van der Waals surface area contributed by atoms with E-state index in [4.69, 9.17) is 16.6 Å². The average Bonchev–Trinajstić information content (AvgIpc) is 3.13. The quantitative estimate of drug-likeness (QED) is 0.172. The van der Waals surface area contributed by atoms with E-state index in [1.807, 2.05) is 0 Å². The maximum absolute atomic E-state index is 12.6. The van der Waals surface area contributed by atoms with Gasteiger partial charge in [0.2, 0.25) is 17.7 Å². The summed E-state index contributed by atoms with van der Waals surface area (Å²) in [4.78, 5) is 49.1. The molecule has 3 atom stereocenters. The average molecular weight is 404 g/mol. The lowest BCUT2D eigenvalue weighted by Crippen LogP contribution is -2.56. The van der Waals surface area contributed by atoms with Crippen LogP contribution in [0, 0.1) is 0 Å². The smallest absolute Gasteiger partial charge is 0.322 e. The highest BCUT2D eigenvalue weighted by molar-refractivity contribution is 7.80. The second-order valence-corrected chi connectivity index (χ2v) is 6.80. The Labute approximate surface area is 163 Å². The molecule has 3 unspecified atom stereocenters. The van der Waals surface area contributed by atoms with Crippen LogP contribution in [0.25, 0.3) is 0 Å². The number of nitrogens with zero attached hydrogens (tertiary/aromatic N) is 1. The predicted octanol–water partition coefficient (Wildman–Crippen LogP) is -1.95. The van der Waals surface area contributed by atoms with Gasteiger partial charge in [-0.1, -0.05) is 6.42 Å². The number of carboxylic acids is 1. The molecule has 11 heteroatoms. The van der Waals surface area contributed by atoms with Gasteiger partial charge in [0.05, 0.1) is 6.04 Å². The van der Waals surface area contributed by atoms with Crippen molar-refractivity contribution in [2.24, 2.45) is 11.5 Å². The van der Waals surface area contributed by atoms with Crippen molar-refractivity contribution >= 4 is 36.3 Å². The molecule has 0 saturated carbocycles.